The zero-order valence-electron chi connectivity index (χ0n) is 10.3. The highest BCUT2D eigenvalue weighted by Gasteiger charge is 2.29. The lowest BCUT2D eigenvalue weighted by molar-refractivity contribution is -0.131. The first-order valence-electron chi connectivity index (χ1n) is 5.74. The van der Waals surface area contributed by atoms with Gasteiger partial charge in [0.2, 0.25) is 0 Å². The highest BCUT2D eigenvalue weighted by Crippen LogP contribution is 2.29. The van der Waals surface area contributed by atoms with Gasteiger partial charge in [0.15, 0.2) is 0 Å². The van der Waals surface area contributed by atoms with E-state index in [1.807, 2.05) is 30.3 Å². The predicted molar refractivity (Wildman–Crippen MR) is 68.8 cm³/mol. The summed E-state index contributed by atoms with van der Waals surface area (Å²) in [5.41, 5.74) is 1.02. The third kappa shape index (κ3) is 3.38. The van der Waals surface area contributed by atoms with E-state index >= 15 is 0 Å². The van der Waals surface area contributed by atoms with E-state index in [-0.39, 0.29) is 17.5 Å². The highest BCUT2D eigenvalue weighted by atomic mass is 16.1. The normalized spacial score (nSPS) is 12.2. The fraction of sp³-hybridized carbons (Fsp3) is 0.333. The Bertz CT molecular complexity index is 392. The average Bonchev–Trinajstić information content (AvgIpc) is 2.28. The van der Waals surface area contributed by atoms with Crippen molar-refractivity contribution in [1.82, 2.24) is 0 Å². The Kier molecular flexibility index (Phi) is 4.83. The third-order valence-electron chi connectivity index (χ3n) is 2.93. The van der Waals surface area contributed by atoms with Crippen LogP contribution >= 0.6 is 0 Å². The molecule has 0 saturated heterocycles. The van der Waals surface area contributed by atoms with Crippen molar-refractivity contribution in [3.8, 4) is 0 Å². The molecule has 1 atom stereocenters. The van der Waals surface area contributed by atoms with Crippen LogP contribution in [0.4, 0.5) is 0 Å². The Balaban J connectivity index is 3.11. The van der Waals surface area contributed by atoms with Gasteiger partial charge in [-0.25, -0.2) is 0 Å². The first-order valence-corrected chi connectivity index (χ1v) is 5.74. The second-order valence-electron chi connectivity index (χ2n) is 4.24. The molecular weight excluding hydrogens is 212 g/mol. The van der Waals surface area contributed by atoms with Crippen LogP contribution < -0.4 is 0 Å². The monoisotopic (exact) mass is 230 g/mol. The van der Waals surface area contributed by atoms with Crippen LogP contribution in [-0.2, 0) is 9.59 Å². The van der Waals surface area contributed by atoms with Crippen molar-refractivity contribution in [3.63, 3.8) is 0 Å². The number of allylic oxidation sites excluding steroid dienone is 1. The summed E-state index contributed by atoms with van der Waals surface area (Å²) in [6.45, 7) is 6.66. The van der Waals surface area contributed by atoms with Gasteiger partial charge in [0.1, 0.15) is 11.6 Å². The van der Waals surface area contributed by atoms with Gasteiger partial charge in [0, 0.05) is 5.92 Å². The van der Waals surface area contributed by atoms with Crippen LogP contribution in [0.5, 0.6) is 0 Å². The van der Waals surface area contributed by atoms with Gasteiger partial charge >= 0.3 is 0 Å². The zero-order valence-corrected chi connectivity index (χ0v) is 10.3. The van der Waals surface area contributed by atoms with Gasteiger partial charge in [0.25, 0.3) is 0 Å². The molecule has 0 aliphatic rings. The molecule has 1 unspecified atom stereocenters. The van der Waals surface area contributed by atoms with E-state index in [2.05, 4.69) is 6.58 Å². The first kappa shape index (κ1) is 13.4. The average molecular weight is 230 g/mol. The second kappa shape index (κ2) is 6.14. The summed E-state index contributed by atoms with van der Waals surface area (Å²) >= 11 is 0. The van der Waals surface area contributed by atoms with Gasteiger partial charge < -0.3 is 0 Å². The van der Waals surface area contributed by atoms with Crippen LogP contribution in [0, 0.1) is 5.92 Å². The number of rotatable bonds is 6. The summed E-state index contributed by atoms with van der Waals surface area (Å²) in [5, 5.41) is 0. The molecule has 0 aromatic heterocycles. The molecule has 0 fully saturated rings. The van der Waals surface area contributed by atoms with Gasteiger partial charge in [-0.3, -0.25) is 9.59 Å². The quantitative estimate of drug-likeness (QED) is 0.555. The number of carbonyl (C=O) groups excluding carboxylic acids is 2. The van der Waals surface area contributed by atoms with Crippen molar-refractivity contribution in [2.75, 3.05) is 0 Å². The molecule has 0 saturated carbocycles. The molecule has 0 amide bonds. The lowest BCUT2D eigenvalue weighted by Crippen LogP contribution is -2.26. The number of hydrogen-bond donors (Lipinski definition) is 0. The smallest absolute Gasteiger partial charge is 0.140 e. The van der Waals surface area contributed by atoms with E-state index in [4.69, 9.17) is 0 Å². The molecule has 90 valence electrons. The van der Waals surface area contributed by atoms with Crippen LogP contribution in [0.1, 0.15) is 31.7 Å². The lowest BCUT2D eigenvalue weighted by atomic mass is 9.79. The van der Waals surface area contributed by atoms with Crippen LogP contribution in [0.25, 0.3) is 0 Å². The summed E-state index contributed by atoms with van der Waals surface area (Å²) in [4.78, 5) is 23.2. The van der Waals surface area contributed by atoms with Gasteiger partial charge in [0.05, 0.1) is 5.92 Å². The standard InChI is InChI=1S/C15H18O2/c1-4-8-14(13-9-6-5-7-10-13)15(11(2)16)12(3)17/h4-7,9-10,14-15H,1,8H2,2-3H3. The lowest BCUT2D eigenvalue weighted by Gasteiger charge is -2.22. The Morgan fingerprint density at radius 2 is 1.71 bits per heavy atom. The van der Waals surface area contributed by atoms with Gasteiger partial charge in [-0.2, -0.15) is 0 Å². The number of ketones is 2. The maximum absolute atomic E-state index is 11.6. The Morgan fingerprint density at radius 1 is 1.18 bits per heavy atom. The molecule has 2 nitrogen and oxygen atoms in total. The number of Topliss-reactive ketones (excluding diaryl/α,β-unsaturated/α-hetero) is 2. The fourth-order valence-electron chi connectivity index (χ4n) is 2.20. The summed E-state index contributed by atoms with van der Waals surface area (Å²) in [6, 6.07) is 9.66. The van der Waals surface area contributed by atoms with Gasteiger partial charge in [-0.1, -0.05) is 36.4 Å². The number of carbonyl (C=O) groups is 2. The van der Waals surface area contributed by atoms with Gasteiger partial charge in [-0.05, 0) is 25.8 Å². The van der Waals surface area contributed by atoms with Crippen molar-refractivity contribution in [3.05, 3.63) is 48.6 Å². The fourth-order valence-corrected chi connectivity index (χ4v) is 2.20. The first-order chi connectivity index (χ1) is 8.07. The molecule has 0 heterocycles. The minimum absolute atomic E-state index is 0.0757. The predicted octanol–water partition coefficient (Wildman–Crippen LogP) is 3.14. The minimum atomic E-state index is -0.560. The Hall–Kier alpha value is -1.70. The van der Waals surface area contributed by atoms with E-state index in [1.54, 1.807) is 6.08 Å². The van der Waals surface area contributed by atoms with E-state index in [9.17, 15) is 9.59 Å². The molecule has 1 aromatic carbocycles. The summed E-state index contributed by atoms with van der Waals surface area (Å²) in [7, 11) is 0. The van der Waals surface area contributed by atoms with Crippen LogP contribution in [0.3, 0.4) is 0 Å². The van der Waals surface area contributed by atoms with Crippen LogP contribution in [0.15, 0.2) is 43.0 Å². The minimum Gasteiger partial charge on any atom is -0.299 e. The number of benzene rings is 1. The largest absolute Gasteiger partial charge is 0.299 e. The molecule has 0 bridgehead atoms. The third-order valence-corrected chi connectivity index (χ3v) is 2.93. The van der Waals surface area contributed by atoms with Crippen molar-refractivity contribution < 1.29 is 9.59 Å². The molecule has 1 rings (SSSR count). The molecule has 1 aromatic rings. The summed E-state index contributed by atoms with van der Waals surface area (Å²) in [5.74, 6) is -0.805. The summed E-state index contributed by atoms with van der Waals surface area (Å²) in [6.07, 6.45) is 2.39. The molecule has 0 aliphatic heterocycles. The number of hydrogen-bond acceptors (Lipinski definition) is 2. The summed E-state index contributed by atoms with van der Waals surface area (Å²) < 4.78 is 0. The highest BCUT2D eigenvalue weighted by molar-refractivity contribution is 6.01. The van der Waals surface area contributed by atoms with Crippen molar-refractivity contribution in [2.24, 2.45) is 5.92 Å². The van der Waals surface area contributed by atoms with Crippen LogP contribution in [0.2, 0.25) is 0 Å². The zero-order chi connectivity index (χ0) is 12.8. The molecule has 2 heteroatoms. The van der Waals surface area contributed by atoms with Crippen molar-refractivity contribution >= 4 is 11.6 Å². The maximum atomic E-state index is 11.6. The van der Waals surface area contributed by atoms with E-state index < -0.39 is 5.92 Å². The molecule has 0 radical (unpaired) electrons. The van der Waals surface area contributed by atoms with E-state index in [1.165, 1.54) is 13.8 Å². The van der Waals surface area contributed by atoms with E-state index in [0.717, 1.165) is 5.56 Å². The van der Waals surface area contributed by atoms with Crippen molar-refractivity contribution in [1.29, 1.82) is 0 Å². The maximum Gasteiger partial charge on any atom is 0.140 e. The molecule has 0 N–H and O–H groups in total. The Morgan fingerprint density at radius 3 is 2.12 bits per heavy atom. The Labute approximate surface area is 102 Å². The topological polar surface area (TPSA) is 34.1 Å². The second-order valence-corrected chi connectivity index (χ2v) is 4.24. The van der Waals surface area contributed by atoms with Crippen LogP contribution in [-0.4, -0.2) is 11.6 Å². The van der Waals surface area contributed by atoms with E-state index in [0.29, 0.717) is 6.42 Å². The van der Waals surface area contributed by atoms with Gasteiger partial charge in [-0.15, -0.1) is 6.58 Å². The van der Waals surface area contributed by atoms with Crippen molar-refractivity contribution in [2.45, 2.75) is 26.2 Å². The molecule has 17 heavy (non-hydrogen) atoms. The molecule has 0 spiro atoms. The SMILES string of the molecule is C=CCC(c1ccccc1)C(C(C)=O)C(C)=O. The molecule has 0 aliphatic carbocycles. The molecular formula is C15H18O2.